The van der Waals surface area contributed by atoms with Crippen molar-refractivity contribution in [2.45, 2.75) is 20.8 Å². The number of benzene rings is 2. The Hall–Kier alpha value is -3.14. The van der Waals surface area contributed by atoms with Crippen LogP contribution in [0.25, 0.3) is 22.6 Å². The van der Waals surface area contributed by atoms with E-state index in [4.69, 9.17) is 0 Å². The molecule has 0 saturated heterocycles. The van der Waals surface area contributed by atoms with Gasteiger partial charge in [-0.2, -0.15) is 0 Å². The number of aryl methyl sites for hydroxylation is 3. The largest absolute Gasteiger partial charge is 0.300 e. The lowest BCUT2D eigenvalue weighted by molar-refractivity contribution is 0.947. The number of nitrogens with zero attached hydrogens (tertiary/aromatic N) is 3. The molecule has 4 aromatic rings. The molecule has 0 atom stereocenters. The van der Waals surface area contributed by atoms with E-state index < -0.39 is 0 Å². The first-order chi connectivity index (χ1) is 12.0. The van der Waals surface area contributed by atoms with Crippen molar-refractivity contribution in [1.82, 2.24) is 14.0 Å². The van der Waals surface area contributed by atoms with E-state index in [2.05, 4.69) is 18.8 Å². The zero-order chi connectivity index (χ0) is 17.6. The number of fused-ring (bicyclic) bond motifs is 1. The lowest BCUT2D eigenvalue weighted by Gasteiger charge is -2.08. The topological polar surface area (TPSA) is 39.3 Å². The lowest BCUT2D eigenvalue weighted by Crippen LogP contribution is -2.20. The van der Waals surface area contributed by atoms with Gasteiger partial charge in [-0.25, -0.2) is 4.98 Å². The maximum absolute atomic E-state index is 12.9. The molecule has 0 N–H and O–H groups in total. The third-order valence-corrected chi connectivity index (χ3v) is 4.63. The molecule has 0 radical (unpaired) electrons. The predicted molar refractivity (Wildman–Crippen MR) is 100 cm³/mol. The second-order valence-electron chi connectivity index (χ2n) is 6.46. The number of imidazole rings is 1. The van der Waals surface area contributed by atoms with Crippen molar-refractivity contribution >= 4 is 5.65 Å². The summed E-state index contributed by atoms with van der Waals surface area (Å²) < 4.78 is 3.43. The molecule has 4 heteroatoms. The monoisotopic (exact) mass is 329 g/mol. The molecule has 2 heterocycles. The Balaban J connectivity index is 1.86. The number of hydrogen-bond acceptors (Lipinski definition) is 2. The average Bonchev–Trinajstić information content (AvgIpc) is 3.04. The van der Waals surface area contributed by atoms with E-state index >= 15 is 0 Å². The highest BCUT2D eigenvalue weighted by Crippen LogP contribution is 2.19. The first-order valence-corrected chi connectivity index (χ1v) is 8.28. The Morgan fingerprint density at radius 2 is 1.64 bits per heavy atom. The van der Waals surface area contributed by atoms with Crippen molar-refractivity contribution in [2.75, 3.05) is 0 Å². The van der Waals surface area contributed by atoms with Gasteiger partial charge in [-0.3, -0.25) is 9.36 Å². The minimum atomic E-state index is -0.121. The summed E-state index contributed by atoms with van der Waals surface area (Å²) in [6.07, 6.45) is 5.56. The Labute approximate surface area is 146 Å². The van der Waals surface area contributed by atoms with Crippen molar-refractivity contribution in [3.63, 3.8) is 0 Å². The molecule has 0 bridgehead atoms. The standard InChI is InChI=1S/C21H19N3O/c1-14-4-7-17(8-5-14)19-13-23-10-11-24(21(25)20(23)22-19)18-9-6-15(2)16(3)12-18/h4-13H,1-3H3. The maximum atomic E-state index is 12.9. The molecule has 0 unspecified atom stereocenters. The summed E-state index contributed by atoms with van der Waals surface area (Å²) in [4.78, 5) is 17.5. The number of rotatable bonds is 2. The molecule has 0 fully saturated rings. The van der Waals surface area contributed by atoms with Crippen LogP contribution in [0, 0.1) is 20.8 Å². The molecule has 0 saturated carbocycles. The van der Waals surface area contributed by atoms with Gasteiger partial charge in [-0.15, -0.1) is 0 Å². The van der Waals surface area contributed by atoms with E-state index in [0.717, 1.165) is 22.5 Å². The zero-order valence-corrected chi connectivity index (χ0v) is 14.5. The predicted octanol–water partition coefficient (Wildman–Crippen LogP) is 4.08. The average molecular weight is 329 g/mol. The molecule has 0 aliphatic rings. The summed E-state index contributed by atoms with van der Waals surface area (Å²) in [5.74, 6) is 0. The quantitative estimate of drug-likeness (QED) is 0.556. The van der Waals surface area contributed by atoms with Crippen LogP contribution in [0.15, 0.2) is 65.8 Å². The van der Waals surface area contributed by atoms with Crippen LogP contribution in [0.5, 0.6) is 0 Å². The fraction of sp³-hybridized carbons (Fsp3) is 0.143. The van der Waals surface area contributed by atoms with E-state index in [0.29, 0.717) is 5.65 Å². The highest BCUT2D eigenvalue weighted by molar-refractivity contribution is 5.62. The van der Waals surface area contributed by atoms with Gasteiger partial charge in [-0.05, 0) is 44.0 Å². The summed E-state index contributed by atoms with van der Waals surface area (Å²) in [5, 5.41) is 0. The van der Waals surface area contributed by atoms with Gasteiger partial charge in [0.15, 0.2) is 0 Å². The maximum Gasteiger partial charge on any atom is 0.298 e. The fourth-order valence-corrected chi connectivity index (χ4v) is 2.92. The molecular formula is C21H19N3O. The highest BCUT2D eigenvalue weighted by atomic mass is 16.1. The smallest absolute Gasteiger partial charge is 0.298 e. The van der Waals surface area contributed by atoms with Crippen LogP contribution in [0.3, 0.4) is 0 Å². The summed E-state index contributed by atoms with van der Waals surface area (Å²) >= 11 is 0. The van der Waals surface area contributed by atoms with Crippen LogP contribution >= 0.6 is 0 Å². The first-order valence-electron chi connectivity index (χ1n) is 8.28. The van der Waals surface area contributed by atoms with E-state index in [1.807, 2.05) is 61.8 Å². The highest BCUT2D eigenvalue weighted by Gasteiger charge is 2.10. The minimum Gasteiger partial charge on any atom is -0.300 e. The molecule has 0 aliphatic carbocycles. The van der Waals surface area contributed by atoms with Gasteiger partial charge in [-0.1, -0.05) is 35.9 Å². The van der Waals surface area contributed by atoms with Gasteiger partial charge in [0.25, 0.3) is 5.56 Å². The molecule has 25 heavy (non-hydrogen) atoms. The first kappa shape index (κ1) is 15.4. The third kappa shape index (κ3) is 2.66. The fourth-order valence-electron chi connectivity index (χ4n) is 2.92. The van der Waals surface area contributed by atoms with Gasteiger partial charge in [0.2, 0.25) is 5.65 Å². The molecule has 4 nitrogen and oxygen atoms in total. The van der Waals surface area contributed by atoms with Gasteiger partial charge in [0, 0.05) is 29.8 Å². The number of aromatic nitrogens is 3. The Kier molecular flexibility index (Phi) is 3.53. The van der Waals surface area contributed by atoms with Crippen LogP contribution in [0.2, 0.25) is 0 Å². The van der Waals surface area contributed by atoms with E-state index in [1.54, 1.807) is 15.2 Å². The second-order valence-corrected chi connectivity index (χ2v) is 6.46. The Bertz CT molecular complexity index is 1130. The van der Waals surface area contributed by atoms with Crippen molar-refractivity contribution in [3.8, 4) is 16.9 Å². The van der Waals surface area contributed by atoms with Crippen molar-refractivity contribution in [3.05, 3.63) is 88.1 Å². The Morgan fingerprint density at radius 3 is 2.36 bits per heavy atom. The molecule has 124 valence electrons. The summed E-state index contributed by atoms with van der Waals surface area (Å²) in [7, 11) is 0. The summed E-state index contributed by atoms with van der Waals surface area (Å²) in [6.45, 7) is 6.16. The number of hydrogen-bond donors (Lipinski definition) is 0. The van der Waals surface area contributed by atoms with Crippen molar-refractivity contribution in [1.29, 1.82) is 0 Å². The second kappa shape index (κ2) is 5.74. The van der Waals surface area contributed by atoms with Crippen LogP contribution in [0.1, 0.15) is 16.7 Å². The molecule has 4 rings (SSSR count). The van der Waals surface area contributed by atoms with Crippen LogP contribution in [-0.2, 0) is 0 Å². The van der Waals surface area contributed by atoms with Gasteiger partial charge in [0.05, 0.1) is 5.69 Å². The third-order valence-electron chi connectivity index (χ3n) is 4.63. The lowest BCUT2D eigenvalue weighted by atomic mass is 10.1. The van der Waals surface area contributed by atoms with Crippen LogP contribution < -0.4 is 5.56 Å². The van der Waals surface area contributed by atoms with E-state index in [1.165, 1.54) is 11.1 Å². The van der Waals surface area contributed by atoms with Gasteiger partial charge in [0.1, 0.15) is 0 Å². The van der Waals surface area contributed by atoms with Crippen molar-refractivity contribution < 1.29 is 0 Å². The van der Waals surface area contributed by atoms with Gasteiger partial charge >= 0.3 is 0 Å². The molecule has 0 amide bonds. The normalized spacial score (nSPS) is 11.2. The molecule has 2 aromatic carbocycles. The Morgan fingerprint density at radius 1 is 0.880 bits per heavy atom. The van der Waals surface area contributed by atoms with Gasteiger partial charge < -0.3 is 4.40 Å². The zero-order valence-electron chi connectivity index (χ0n) is 14.5. The van der Waals surface area contributed by atoms with E-state index in [-0.39, 0.29) is 5.56 Å². The molecule has 2 aromatic heterocycles. The van der Waals surface area contributed by atoms with Crippen LogP contribution in [0.4, 0.5) is 0 Å². The van der Waals surface area contributed by atoms with E-state index in [9.17, 15) is 4.79 Å². The SMILES string of the molecule is Cc1ccc(-c2cn3ccn(-c4ccc(C)c(C)c4)c(=O)c3n2)cc1. The molecule has 0 aliphatic heterocycles. The minimum absolute atomic E-state index is 0.121. The van der Waals surface area contributed by atoms with Crippen molar-refractivity contribution in [2.24, 2.45) is 0 Å². The molecular weight excluding hydrogens is 310 g/mol. The molecule has 0 spiro atoms. The van der Waals surface area contributed by atoms with Crippen LogP contribution in [-0.4, -0.2) is 14.0 Å². The summed E-state index contributed by atoms with van der Waals surface area (Å²) in [6, 6.07) is 14.2. The summed E-state index contributed by atoms with van der Waals surface area (Å²) in [5.41, 5.74) is 6.54.